The number of nitrogens with zero attached hydrogens (tertiary/aromatic N) is 1. The molecule has 0 unspecified atom stereocenters. The normalized spacial score (nSPS) is 10.5. The quantitative estimate of drug-likeness (QED) is 0.778. The van der Waals surface area contributed by atoms with E-state index in [0.29, 0.717) is 16.3 Å². The second-order valence-electron chi connectivity index (χ2n) is 4.31. The standard InChI is InChI=1S/C14H11N3O3S/c1-8(18)15-14-17-10-7-9(4-5-12(10)21-14)16-13(19)11-3-2-6-20-11/h2-7H,1H3,(H,16,19)(H,15,17,18). The molecule has 106 valence electrons. The molecule has 0 aliphatic rings. The van der Waals surface area contributed by atoms with E-state index >= 15 is 0 Å². The highest BCUT2D eigenvalue weighted by atomic mass is 32.1. The SMILES string of the molecule is CC(=O)Nc1nc2cc(NC(=O)c3ccco3)ccc2s1. The van der Waals surface area contributed by atoms with E-state index < -0.39 is 0 Å². The highest BCUT2D eigenvalue weighted by Gasteiger charge is 2.10. The number of aromatic nitrogens is 1. The van der Waals surface area contributed by atoms with Crippen molar-refractivity contribution in [2.45, 2.75) is 6.92 Å². The summed E-state index contributed by atoms with van der Waals surface area (Å²) >= 11 is 1.38. The summed E-state index contributed by atoms with van der Waals surface area (Å²) in [5, 5.41) is 5.91. The molecule has 0 atom stereocenters. The molecular formula is C14H11N3O3S. The van der Waals surface area contributed by atoms with Gasteiger partial charge in [-0.05, 0) is 30.3 Å². The number of benzene rings is 1. The largest absolute Gasteiger partial charge is 0.459 e. The average molecular weight is 301 g/mol. The van der Waals surface area contributed by atoms with Crippen LogP contribution in [0.25, 0.3) is 10.2 Å². The third kappa shape index (κ3) is 2.92. The molecule has 2 heterocycles. The number of nitrogens with one attached hydrogen (secondary N) is 2. The summed E-state index contributed by atoms with van der Waals surface area (Å²) in [7, 11) is 0. The fourth-order valence-electron chi connectivity index (χ4n) is 1.81. The minimum absolute atomic E-state index is 0.166. The van der Waals surface area contributed by atoms with Crippen LogP contribution < -0.4 is 10.6 Å². The van der Waals surface area contributed by atoms with Crippen molar-refractivity contribution >= 4 is 44.2 Å². The number of carbonyl (C=O) groups is 2. The Morgan fingerprint density at radius 3 is 2.81 bits per heavy atom. The number of anilines is 2. The molecule has 0 spiro atoms. The van der Waals surface area contributed by atoms with E-state index in [2.05, 4.69) is 15.6 Å². The Kier molecular flexibility index (Phi) is 3.41. The van der Waals surface area contributed by atoms with Crippen molar-refractivity contribution in [3.8, 4) is 0 Å². The molecule has 0 bridgehead atoms. The molecule has 3 aromatic rings. The van der Waals surface area contributed by atoms with Crippen molar-refractivity contribution in [1.82, 2.24) is 4.98 Å². The van der Waals surface area contributed by atoms with Gasteiger partial charge in [-0.3, -0.25) is 9.59 Å². The fourth-order valence-corrected chi connectivity index (χ4v) is 2.70. The van der Waals surface area contributed by atoms with Crippen molar-refractivity contribution < 1.29 is 14.0 Å². The van der Waals surface area contributed by atoms with E-state index in [4.69, 9.17) is 4.42 Å². The van der Waals surface area contributed by atoms with Gasteiger partial charge in [0.25, 0.3) is 5.91 Å². The first-order valence-corrected chi connectivity index (χ1v) is 6.96. The first-order valence-electron chi connectivity index (χ1n) is 6.15. The molecule has 2 amide bonds. The van der Waals surface area contributed by atoms with E-state index in [1.54, 1.807) is 24.3 Å². The third-order valence-corrected chi connectivity index (χ3v) is 3.63. The van der Waals surface area contributed by atoms with E-state index in [9.17, 15) is 9.59 Å². The number of rotatable bonds is 3. The predicted octanol–water partition coefficient (Wildman–Crippen LogP) is 3.10. The van der Waals surface area contributed by atoms with Gasteiger partial charge in [0, 0.05) is 12.6 Å². The van der Waals surface area contributed by atoms with Gasteiger partial charge in [0.1, 0.15) is 0 Å². The van der Waals surface area contributed by atoms with Crippen molar-refractivity contribution in [2.24, 2.45) is 0 Å². The minimum atomic E-state index is -0.323. The van der Waals surface area contributed by atoms with Crippen LogP contribution in [-0.4, -0.2) is 16.8 Å². The lowest BCUT2D eigenvalue weighted by molar-refractivity contribution is -0.114. The number of carbonyl (C=O) groups excluding carboxylic acids is 2. The number of amides is 2. The molecule has 21 heavy (non-hydrogen) atoms. The van der Waals surface area contributed by atoms with E-state index in [-0.39, 0.29) is 17.6 Å². The predicted molar refractivity (Wildman–Crippen MR) is 80.6 cm³/mol. The third-order valence-electron chi connectivity index (χ3n) is 2.67. The molecule has 2 aromatic heterocycles. The summed E-state index contributed by atoms with van der Waals surface area (Å²) in [6.45, 7) is 1.43. The summed E-state index contributed by atoms with van der Waals surface area (Å²) in [5.74, 6) is -0.246. The first-order chi connectivity index (χ1) is 10.1. The van der Waals surface area contributed by atoms with Crippen LogP contribution in [0, 0.1) is 0 Å². The maximum atomic E-state index is 11.9. The summed E-state index contributed by atoms with van der Waals surface area (Å²) in [4.78, 5) is 27.2. The van der Waals surface area contributed by atoms with Crippen LogP contribution in [0.5, 0.6) is 0 Å². The van der Waals surface area contributed by atoms with Gasteiger partial charge >= 0.3 is 0 Å². The van der Waals surface area contributed by atoms with Gasteiger partial charge in [-0.2, -0.15) is 0 Å². The van der Waals surface area contributed by atoms with Crippen LogP contribution in [0.2, 0.25) is 0 Å². The Balaban J connectivity index is 1.83. The Hall–Kier alpha value is -2.67. The molecule has 0 saturated carbocycles. The van der Waals surface area contributed by atoms with Crippen LogP contribution in [0.1, 0.15) is 17.5 Å². The maximum Gasteiger partial charge on any atom is 0.291 e. The number of hydrogen-bond acceptors (Lipinski definition) is 5. The molecule has 3 rings (SSSR count). The van der Waals surface area contributed by atoms with Crippen LogP contribution in [-0.2, 0) is 4.79 Å². The molecule has 0 radical (unpaired) electrons. The van der Waals surface area contributed by atoms with Crippen LogP contribution in [0.15, 0.2) is 41.0 Å². The highest BCUT2D eigenvalue weighted by molar-refractivity contribution is 7.22. The molecule has 7 heteroatoms. The molecule has 0 aliphatic carbocycles. The molecule has 1 aromatic carbocycles. The van der Waals surface area contributed by atoms with Crippen molar-refractivity contribution in [3.63, 3.8) is 0 Å². The summed E-state index contributed by atoms with van der Waals surface area (Å²) in [6.07, 6.45) is 1.44. The van der Waals surface area contributed by atoms with Gasteiger partial charge in [-0.1, -0.05) is 11.3 Å². The number of thiazole rings is 1. The lowest BCUT2D eigenvalue weighted by atomic mass is 10.3. The van der Waals surface area contributed by atoms with Crippen molar-refractivity contribution in [1.29, 1.82) is 0 Å². The highest BCUT2D eigenvalue weighted by Crippen LogP contribution is 2.28. The van der Waals surface area contributed by atoms with E-state index in [1.807, 2.05) is 6.07 Å². The molecule has 6 nitrogen and oxygen atoms in total. The van der Waals surface area contributed by atoms with Crippen LogP contribution in [0.4, 0.5) is 10.8 Å². The lowest BCUT2D eigenvalue weighted by Crippen LogP contribution is -2.10. The van der Waals surface area contributed by atoms with E-state index in [1.165, 1.54) is 24.5 Å². The zero-order valence-corrected chi connectivity index (χ0v) is 11.9. The topological polar surface area (TPSA) is 84.2 Å². The summed E-state index contributed by atoms with van der Waals surface area (Å²) in [6, 6.07) is 8.61. The average Bonchev–Trinajstić information content (AvgIpc) is 3.05. The first kappa shape index (κ1) is 13.3. The van der Waals surface area contributed by atoms with Crippen molar-refractivity contribution in [2.75, 3.05) is 10.6 Å². The number of hydrogen-bond donors (Lipinski definition) is 2. The Morgan fingerprint density at radius 1 is 1.24 bits per heavy atom. The van der Waals surface area contributed by atoms with Crippen LogP contribution in [0.3, 0.4) is 0 Å². The Morgan fingerprint density at radius 2 is 2.10 bits per heavy atom. The summed E-state index contributed by atoms with van der Waals surface area (Å²) < 4.78 is 5.96. The minimum Gasteiger partial charge on any atom is -0.459 e. The Bertz CT molecular complexity index is 808. The van der Waals surface area contributed by atoms with Gasteiger partial charge < -0.3 is 15.1 Å². The fraction of sp³-hybridized carbons (Fsp3) is 0.0714. The second kappa shape index (κ2) is 5.37. The lowest BCUT2D eigenvalue weighted by Gasteiger charge is -2.02. The number of furan rings is 1. The zero-order valence-electron chi connectivity index (χ0n) is 11.0. The molecule has 0 fully saturated rings. The van der Waals surface area contributed by atoms with Crippen molar-refractivity contribution in [3.05, 3.63) is 42.4 Å². The monoisotopic (exact) mass is 301 g/mol. The molecule has 0 aliphatic heterocycles. The van der Waals surface area contributed by atoms with Gasteiger partial charge in [0.15, 0.2) is 10.9 Å². The number of fused-ring (bicyclic) bond motifs is 1. The van der Waals surface area contributed by atoms with Gasteiger partial charge in [-0.25, -0.2) is 4.98 Å². The zero-order chi connectivity index (χ0) is 14.8. The smallest absolute Gasteiger partial charge is 0.291 e. The molecule has 0 saturated heterocycles. The summed E-state index contributed by atoms with van der Waals surface area (Å²) in [5.41, 5.74) is 1.32. The maximum absolute atomic E-state index is 11.9. The molecular weight excluding hydrogens is 290 g/mol. The Labute approximate surface area is 123 Å². The van der Waals surface area contributed by atoms with Gasteiger partial charge in [-0.15, -0.1) is 0 Å². The van der Waals surface area contributed by atoms with E-state index in [0.717, 1.165) is 4.70 Å². The van der Waals surface area contributed by atoms with Crippen LogP contribution >= 0.6 is 11.3 Å². The van der Waals surface area contributed by atoms with Gasteiger partial charge in [0.2, 0.25) is 5.91 Å². The van der Waals surface area contributed by atoms with Gasteiger partial charge in [0.05, 0.1) is 16.5 Å². The molecule has 2 N–H and O–H groups in total. The second-order valence-corrected chi connectivity index (χ2v) is 5.34.